The number of nitrogens with one attached hydrogen (secondary N) is 1. The number of hydrogen-bond donors (Lipinski definition) is 0. The van der Waals surface area contributed by atoms with Crippen LogP contribution in [0.5, 0.6) is 5.75 Å². The fraction of sp³-hybridized carbons (Fsp3) is 0.250. The molecule has 59 valence electrons. The van der Waals surface area contributed by atoms with Crippen LogP contribution in [-0.4, -0.2) is 7.11 Å². The van der Waals surface area contributed by atoms with Crippen LogP contribution in [0.1, 0.15) is 5.56 Å². The molecule has 0 aliphatic carbocycles. The summed E-state index contributed by atoms with van der Waals surface area (Å²) in [7, 11) is 1.53. The van der Waals surface area contributed by atoms with Gasteiger partial charge in [-0.3, -0.25) is 5.73 Å². The zero-order valence-electron chi connectivity index (χ0n) is 6.44. The second-order valence-corrected chi connectivity index (χ2v) is 2.71. The third-order valence-corrected chi connectivity index (χ3v) is 1.89. The number of rotatable bonds is 1. The Morgan fingerprint density at radius 3 is 2.64 bits per heavy atom. The number of ether oxygens (including phenoxy) is 1. The molecule has 1 rings (SSSR count). The highest BCUT2D eigenvalue weighted by Crippen LogP contribution is 2.29. The lowest BCUT2D eigenvalue weighted by atomic mass is 10.2. The summed E-state index contributed by atoms with van der Waals surface area (Å²) in [5.41, 5.74) is 8.69. The minimum absolute atomic E-state index is 0.370. The third-order valence-electron chi connectivity index (χ3n) is 1.48. The largest absolute Gasteiger partial charge is 0.494 e. The van der Waals surface area contributed by atoms with Crippen molar-refractivity contribution in [1.82, 2.24) is 5.73 Å². The van der Waals surface area contributed by atoms with Gasteiger partial charge in [-0.2, -0.15) is 0 Å². The maximum absolute atomic E-state index is 7.42. The molecule has 0 aromatic heterocycles. The van der Waals surface area contributed by atoms with Crippen molar-refractivity contribution >= 4 is 17.3 Å². The molecule has 0 unspecified atom stereocenters. The van der Waals surface area contributed by atoms with E-state index >= 15 is 0 Å². The van der Waals surface area contributed by atoms with Gasteiger partial charge in [0, 0.05) is 11.1 Å². The van der Waals surface area contributed by atoms with Gasteiger partial charge in [0.25, 0.3) is 0 Å². The lowest BCUT2D eigenvalue weighted by molar-refractivity contribution is 0.416. The number of benzene rings is 1. The zero-order valence-corrected chi connectivity index (χ0v) is 7.20. The van der Waals surface area contributed by atoms with Gasteiger partial charge in [0.15, 0.2) is 0 Å². The summed E-state index contributed by atoms with van der Waals surface area (Å²) >= 11 is 5.80. The first-order valence-corrected chi connectivity index (χ1v) is 3.58. The SMILES string of the molecule is COc1cc(Cl)c(C)cc1[NH]. The van der Waals surface area contributed by atoms with E-state index < -0.39 is 0 Å². The molecule has 3 heteroatoms. The Morgan fingerprint density at radius 1 is 1.45 bits per heavy atom. The highest BCUT2D eigenvalue weighted by Gasteiger charge is 2.02. The first kappa shape index (κ1) is 8.21. The van der Waals surface area contributed by atoms with Gasteiger partial charge in [-0.05, 0) is 18.6 Å². The number of halogens is 1. The monoisotopic (exact) mass is 170 g/mol. The normalized spacial score (nSPS) is 9.73. The summed E-state index contributed by atoms with van der Waals surface area (Å²) < 4.78 is 4.91. The number of aryl methyl sites for hydroxylation is 1. The van der Waals surface area contributed by atoms with Crippen molar-refractivity contribution in [3.63, 3.8) is 0 Å². The van der Waals surface area contributed by atoms with Crippen molar-refractivity contribution in [1.29, 1.82) is 0 Å². The Hall–Kier alpha value is -0.890. The molecule has 11 heavy (non-hydrogen) atoms. The topological polar surface area (TPSA) is 33.0 Å². The second kappa shape index (κ2) is 3.01. The van der Waals surface area contributed by atoms with Gasteiger partial charge in [0.2, 0.25) is 0 Å². The first-order valence-electron chi connectivity index (χ1n) is 3.21. The lowest BCUT2D eigenvalue weighted by Crippen LogP contribution is -1.86. The Labute approximate surface area is 70.9 Å². The summed E-state index contributed by atoms with van der Waals surface area (Å²) in [5.74, 6) is 0.514. The average Bonchev–Trinajstić information content (AvgIpc) is 1.97. The van der Waals surface area contributed by atoms with Gasteiger partial charge in [0.1, 0.15) is 5.75 Å². The molecule has 0 atom stereocenters. The van der Waals surface area contributed by atoms with Crippen LogP contribution in [0.2, 0.25) is 5.02 Å². The van der Waals surface area contributed by atoms with Gasteiger partial charge in [-0.1, -0.05) is 11.6 Å². The molecule has 1 N–H and O–H groups in total. The molecular formula is C8H9ClNO. The minimum Gasteiger partial charge on any atom is -0.494 e. The molecule has 1 aromatic carbocycles. The van der Waals surface area contributed by atoms with Crippen molar-refractivity contribution in [2.24, 2.45) is 0 Å². The Bertz CT molecular complexity index is 273. The van der Waals surface area contributed by atoms with E-state index in [1.54, 1.807) is 12.1 Å². The van der Waals surface area contributed by atoms with Crippen molar-refractivity contribution in [3.05, 3.63) is 22.7 Å². The zero-order chi connectivity index (χ0) is 8.43. The van der Waals surface area contributed by atoms with E-state index in [1.165, 1.54) is 7.11 Å². The Morgan fingerprint density at radius 2 is 2.09 bits per heavy atom. The molecule has 0 heterocycles. The van der Waals surface area contributed by atoms with Crippen LogP contribution in [0.3, 0.4) is 0 Å². The lowest BCUT2D eigenvalue weighted by Gasteiger charge is -2.05. The van der Waals surface area contributed by atoms with Gasteiger partial charge >= 0.3 is 0 Å². The van der Waals surface area contributed by atoms with Crippen molar-refractivity contribution < 1.29 is 4.74 Å². The summed E-state index contributed by atoms with van der Waals surface area (Å²) in [6.45, 7) is 1.86. The summed E-state index contributed by atoms with van der Waals surface area (Å²) in [6.07, 6.45) is 0. The smallest absolute Gasteiger partial charge is 0.145 e. The molecule has 0 aliphatic heterocycles. The predicted molar refractivity (Wildman–Crippen MR) is 45.5 cm³/mol. The van der Waals surface area contributed by atoms with Crippen LogP contribution in [0.25, 0.3) is 0 Å². The maximum atomic E-state index is 7.42. The van der Waals surface area contributed by atoms with E-state index in [0.29, 0.717) is 16.5 Å². The average molecular weight is 171 g/mol. The van der Waals surface area contributed by atoms with Crippen LogP contribution in [0, 0.1) is 6.92 Å². The van der Waals surface area contributed by atoms with E-state index in [1.807, 2.05) is 6.92 Å². The van der Waals surface area contributed by atoms with E-state index in [-0.39, 0.29) is 0 Å². The van der Waals surface area contributed by atoms with E-state index in [2.05, 4.69) is 0 Å². The van der Waals surface area contributed by atoms with Crippen molar-refractivity contribution in [3.8, 4) is 5.75 Å². The molecule has 0 saturated heterocycles. The van der Waals surface area contributed by atoms with Gasteiger partial charge in [-0.25, -0.2) is 0 Å². The van der Waals surface area contributed by atoms with Gasteiger partial charge in [0.05, 0.1) is 12.8 Å². The quantitative estimate of drug-likeness (QED) is 0.638. The summed E-state index contributed by atoms with van der Waals surface area (Å²) in [6, 6.07) is 3.33. The molecule has 1 radical (unpaired) electrons. The molecule has 0 bridgehead atoms. The van der Waals surface area contributed by atoms with E-state index in [9.17, 15) is 0 Å². The fourth-order valence-electron chi connectivity index (χ4n) is 0.832. The predicted octanol–water partition coefficient (Wildman–Crippen LogP) is 2.57. The van der Waals surface area contributed by atoms with Crippen LogP contribution >= 0.6 is 11.6 Å². The van der Waals surface area contributed by atoms with E-state index in [4.69, 9.17) is 22.1 Å². The van der Waals surface area contributed by atoms with Crippen LogP contribution in [0.15, 0.2) is 12.1 Å². The van der Waals surface area contributed by atoms with E-state index in [0.717, 1.165) is 5.56 Å². The molecule has 0 aliphatic rings. The Balaban J connectivity index is 3.21. The van der Waals surface area contributed by atoms with Crippen LogP contribution < -0.4 is 10.5 Å². The van der Waals surface area contributed by atoms with Crippen LogP contribution in [0.4, 0.5) is 5.69 Å². The minimum atomic E-state index is 0.370. The fourth-order valence-corrected chi connectivity index (χ4v) is 0.986. The molecule has 1 aromatic rings. The van der Waals surface area contributed by atoms with Gasteiger partial charge in [-0.15, -0.1) is 0 Å². The highest BCUT2D eigenvalue weighted by molar-refractivity contribution is 6.31. The molecule has 0 amide bonds. The molecular weight excluding hydrogens is 162 g/mol. The molecule has 0 fully saturated rings. The first-order chi connectivity index (χ1) is 5.15. The van der Waals surface area contributed by atoms with Crippen molar-refractivity contribution in [2.75, 3.05) is 7.11 Å². The molecule has 2 nitrogen and oxygen atoms in total. The third kappa shape index (κ3) is 1.57. The van der Waals surface area contributed by atoms with Crippen LogP contribution in [-0.2, 0) is 0 Å². The number of hydrogen-bond acceptors (Lipinski definition) is 1. The highest BCUT2D eigenvalue weighted by atomic mass is 35.5. The standard InChI is InChI=1S/C8H9ClNO/c1-5-3-7(10)8(11-2)4-6(5)9/h3-4,10H,1-2H3. The number of methoxy groups -OCH3 is 1. The summed E-state index contributed by atoms with van der Waals surface area (Å²) in [4.78, 5) is 0. The molecule has 0 saturated carbocycles. The maximum Gasteiger partial charge on any atom is 0.145 e. The summed E-state index contributed by atoms with van der Waals surface area (Å²) in [5, 5.41) is 0.637. The second-order valence-electron chi connectivity index (χ2n) is 2.30. The van der Waals surface area contributed by atoms with Gasteiger partial charge < -0.3 is 4.74 Å². The van der Waals surface area contributed by atoms with Crippen molar-refractivity contribution in [2.45, 2.75) is 6.92 Å². The molecule has 0 spiro atoms. The Kier molecular flexibility index (Phi) is 2.25.